The minimum Gasteiger partial charge on any atom is -0.493 e. The molecule has 0 N–H and O–H groups in total. The first-order valence-corrected chi connectivity index (χ1v) is 8.95. The average Bonchev–Trinajstić information content (AvgIpc) is 3.31. The fourth-order valence-corrected chi connectivity index (χ4v) is 2.91. The Bertz CT molecular complexity index is 654. The first kappa shape index (κ1) is 21.0. The van der Waals surface area contributed by atoms with Crippen molar-refractivity contribution in [1.29, 1.82) is 0 Å². The van der Waals surface area contributed by atoms with Gasteiger partial charge in [-0.2, -0.15) is 5.10 Å². The Labute approximate surface area is 165 Å². The van der Waals surface area contributed by atoms with Crippen LogP contribution in [0.25, 0.3) is 0 Å². The summed E-state index contributed by atoms with van der Waals surface area (Å²) in [5.41, 5.74) is -0.310. The second-order valence-electron chi connectivity index (χ2n) is 6.64. The van der Waals surface area contributed by atoms with Gasteiger partial charge >= 0.3 is 0 Å². The van der Waals surface area contributed by atoms with Gasteiger partial charge in [-0.05, 0) is 37.1 Å². The Balaban J connectivity index is 0.00000243. The van der Waals surface area contributed by atoms with Crippen LogP contribution in [-0.2, 0) is 16.0 Å². The number of hydrogen-bond donors (Lipinski definition) is 0. The van der Waals surface area contributed by atoms with Gasteiger partial charge in [0.25, 0.3) is 0 Å². The van der Waals surface area contributed by atoms with Crippen LogP contribution in [0.4, 0.5) is 0 Å². The van der Waals surface area contributed by atoms with Crippen LogP contribution in [-0.4, -0.2) is 40.4 Å². The number of hydrogen-bond acceptors (Lipinski definition) is 5. The molecule has 1 aromatic carbocycles. The smallest absolute Gasteiger partial charge is 0.166 e. The number of aryl methyl sites for hydroxylation is 1. The third-order valence-electron chi connectivity index (χ3n) is 4.53. The molecule has 3 rings (SSSR count). The fraction of sp³-hybridized carbons (Fsp3) is 0.556. The first-order chi connectivity index (χ1) is 12.1. The Morgan fingerprint density at radius 3 is 2.73 bits per heavy atom. The lowest BCUT2D eigenvalue weighted by Gasteiger charge is -2.34. The molecule has 1 fully saturated rings. The van der Waals surface area contributed by atoms with Gasteiger partial charge in [0.15, 0.2) is 6.29 Å². The van der Waals surface area contributed by atoms with E-state index in [0.717, 1.165) is 25.1 Å². The fourth-order valence-electron chi connectivity index (χ4n) is 2.78. The number of ether oxygens (including phenoxy) is 3. The zero-order chi connectivity index (χ0) is 17.7. The monoisotopic (exact) mass is 401 g/mol. The zero-order valence-corrected chi connectivity index (χ0v) is 16.6. The van der Waals surface area contributed by atoms with Crippen molar-refractivity contribution in [3.63, 3.8) is 0 Å². The molecule has 0 spiro atoms. The Hall–Kier alpha value is -1.34. The summed E-state index contributed by atoms with van der Waals surface area (Å²) in [6, 6.07) is 7.37. The third-order valence-corrected chi connectivity index (χ3v) is 4.79. The normalized spacial score (nSPS) is 21.8. The van der Waals surface area contributed by atoms with E-state index in [1.165, 1.54) is 6.33 Å². The highest BCUT2D eigenvalue weighted by molar-refractivity contribution is 6.30. The maximum absolute atomic E-state index is 6.08. The summed E-state index contributed by atoms with van der Waals surface area (Å²) in [5, 5.41) is 4.86. The average molecular weight is 402 g/mol. The molecule has 1 aliphatic heterocycles. The molecule has 0 amide bonds. The highest BCUT2D eigenvalue weighted by Crippen LogP contribution is 2.35. The van der Waals surface area contributed by atoms with Crippen molar-refractivity contribution in [1.82, 2.24) is 14.8 Å². The van der Waals surface area contributed by atoms with Crippen LogP contribution < -0.4 is 4.74 Å². The molecule has 0 saturated carbocycles. The quantitative estimate of drug-likeness (QED) is 0.669. The molecule has 8 heteroatoms. The minimum absolute atomic E-state index is 0. The summed E-state index contributed by atoms with van der Waals surface area (Å²) in [7, 11) is 0. The topological polar surface area (TPSA) is 58.4 Å². The molecule has 6 nitrogen and oxygen atoms in total. The summed E-state index contributed by atoms with van der Waals surface area (Å²) >= 11 is 5.93. The van der Waals surface area contributed by atoms with Gasteiger partial charge in [-0.15, -0.1) is 12.4 Å². The molecular weight excluding hydrogens is 377 g/mol. The van der Waals surface area contributed by atoms with Crippen molar-refractivity contribution in [2.45, 2.75) is 45.6 Å². The number of benzene rings is 1. The van der Waals surface area contributed by atoms with Crippen molar-refractivity contribution in [3.05, 3.63) is 41.9 Å². The van der Waals surface area contributed by atoms with Gasteiger partial charge in [0.05, 0.1) is 24.7 Å². The minimum atomic E-state index is -0.310. The van der Waals surface area contributed by atoms with Crippen LogP contribution in [0.3, 0.4) is 0 Å². The number of nitrogens with zero attached hydrogens (tertiary/aromatic N) is 3. The van der Waals surface area contributed by atoms with Crippen molar-refractivity contribution in [3.8, 4) is 5.75 Å². The van der Waals surface area contributed by atoms with Gasteiger partial charge in [-0.3, -0.25) is 4.68 Å². The zero-order valence-electron chi connectivity index (χ0n) is 15.0. The summed E-state index contributed by atoms with van der Waals surface area (Å²) in [6.45, 7) is 6.06. The van der Waals surface area contributed by atoms with E-state index >= 15 is 0 Å². The molecule has 1 aliphatic rings. The van der Waals surface area contributed by atoms with Crippen molar-refractivity contribution >= 4 is 24.0 Å². The SMILES string of the molecule is CCC1COC(C(C)(CCn2cncn2)COc2ccc(Cl)cc2)O1.Cl. The second kappa shape index (κ2) is 9.55. The van der Waals surface area contributed by atoms with Crippen LogP contribution in [0.15, 0.2) is 36.9 Å². The predicted molar refractivity (Wildman–Crippen MR) is 102 cm³/mol. The molecule has 2 heterocycles. The highest BCUT2D eigenvalue weighted by atomic mass is 35.5. The van der Waals surface area contributed by atoms with Gasteiger partial charge < -0.3 is 14.2 Å². The van der Waals surface area contributed by atoms with E-state index in [1.54, 1.807) is 6.33 Å². The molecule has 0 radical (unpaired) electrons. The lowest BCUT2D eigenvalue weighted by Crippen LogP contribution is -2.40. The number of rotatable bonds is 8. The van der Waals surface area contributed by atoms with E-state index in [1.807, 2.05) is 28.9 Å². The molecule has 0 bridgehead atoms. The lowest BCUT2D eigenvalue weighted by atomic mass is 9.86. The van der Waals surface area contributed by atoms with Crippen LogP contribution >= 0.6 is 24.0 Å². The van der Waals surface area contributed by atoms with E-state index < -0.39 is 0 Å². The maximum atomic E-state index is 6.08. The van der Waals surface area contributed by atoms with Crippen LogP contribution in [0.2, 0.25) is 5.02 Å². The number of halogens is 2. The standard InChI is InChI=1S/C18H24ClN3O3.ClH/c1-3-15-10-23-17(25-15)18(2,8-9-22-13-20-12-21-22)11-24-16-6-4-14(19)5-7-16;/h4-7,12-13,15,17H,3,8-11H2,1-2H3;1H. The summed E-state index contributed by atoms with van der Waals surface area (Å²) < 4.78 is 19.8. The highest BCUT2D eigenvalue weighted by Gasteiger charge is 2.42. The number of aromatic nitrogens is 3. The van der Waals surface area contributed by atoms with Crippen molar-refractivity contribution in [2.24, 2.45) is 5.41 Å². The van der Waals surface area contributed by atoms with Gasteiger partial charge in [-0.1, -0.05) is 25.4 Å². The maximum Gasteiger partial charge on any atom is 0.166 e. The van der Waals surface area contributed by atoms with Gasteiger partial charge in [0, 0.05) is 11.6 Å². The summed E-state index contributed by atoms with van der Waals surface area (Å²) in [4.78, 5) is 3.99. The van der Waals surface area contributed by atoms with Gasteiger partial charge in [0.2, 0.25) is 0 Å². The Morgan fingerprint density at radius 1 is 1.35 bits per heavy atom. The molecule has 0 aliphatic carbocycles. The van der Waals surface area contributed by atoms with E-state index in [4.69, 9.17) is 25.8 Å². The largest absolute Gasteiger partial charge is 0.493 e. The van der Waals surface area contributed by atoms with Crippen LogP contribution in [0.1, 0.15) is 26.7 Å². The molecular formula is C18H25Cl2N3O3. The molecule has 1 aromatic heterocycles. The Morgan fingerprint density at radius 2 is 2.12 bits per heavy atom. The first-order valence-electron chi connectivity index (χ1n) is 8.57. The van der Waals surface area contributed by atoms with E-state index in [9.17, 15) is 0 Å². The Kier molecular flexibility index (Phi) is 7.70. The second-order valence-corrected chi connectivity index (χ2v) is 7.07. The van der Waals surface area contributed by atoms with E-state index in [0.29, 0.717) is 18.2 Å². The lowest BCUT2D eigenvalue weighted by molar-refractivity contribution is -0.152. The van der Waals surface area contributed by atoms with Crippen molar-refractivity contribution < 1.29 is 14.2 Å². The molecule has 3 atom stereocenters. The predicted octanol–water partition coefficient (Wildman–Crippen LogP) is 3.98. The van der Waals surface area contributed by atoms with Gasteiger partial charge in [0.1, 0.15) is 18.4 Å². The van der Waals surface area contributed by atoms with Crippen molar-refractivity contribution in [2.75, 3.05) is 13.2 Å². The van der Waals surface area contributed by atoms with Crippen LogP contribution in [0, 0.1) is 5.41 Å². The summed E-state index contributed by atoms with van der Waals surface area (Å²) in [5.74, 6) is 0.779. The molecule has 144 valence electrons. The summed E-state index contributed by atoms with van der Waals surface area (Å²) in [6.07, 6.45) is 4.83. The third kappa shape index (κ3) is 5.33. The molecule has 26 heavy (non-hydrogen) atoms. The van der Waals surface area contributed by atoms with Crippen LogP contribution in [0.5, 0.6) is 5.75 Å². The molecule has 2 aromatic rings. The van der Waals surface area contributed by atoms with E-state index in [2.05, 4.69) is 23.9 Å². The van der Waals surface area contributed by atoms with E-state index in [-0.39, 0.29) is 30.2 Å². The van der Waals surface area contributed by atoms with Gasteiger partial charge in [-0.25, -0.2) is 4.98 Å². The molecule has 3 unspecified atom stereocenters. The molecule has 1 saturated heterocycles.